The van der Waals surface area contributed by atoms with E-state index in [2.05, 4.69) is 277 Å². The van der Waals surface area contributed by atoms with Gasteiger partial charge >= 0.3 is 0 Å². The van der Waals surface area contributed by atoms with Crippen molar-refractivity contribution in [1.82, 2.24) is 9.13 Å². The fourth-order valence-corrected chi connectivity index (χ4v) is 9.28. The Morgan fingerprint density at radius 3 is 0.803 bits per heavy atom. The molecule has 0 unspecified atom stereocenters. The van der Waals surface area contributed by atoms with Crippen LogP contribution in [0.15, 0.2) is 231 Å². The summed E-state index contributed by atoms with van der Waals surface area (Å²) >= 11 is 0. The van der Waals surface area contributed by atoms with Gasteiger partial charge in [-0.25, -0.2) is 0 Å². The van der Waals surface area contributed by atoms with Crippen LogP contribution in [0, 0.1) is 27.7 Å². The summed E-state index contributed by atoms with van der Waals surface area (Å²) in [4.78, 5) is 4.67. The number of aryl methyl sites for hydroxylation is 4. The van der Waals surface area contributed by atoms with E-state index in [4.69, 9.17) is 0 Å². The zero-order chi connectivity index (χ0) is 44.7. The molecule has 318 valence electrons. The van der Waals surface area contributed by atoms with Gasteiger partial charge in [0.25, 0.3) is 0 Å². The predicted octanol–water partition coefficient (Wildman–Crippen LogP) is 17.1. The van der Waals surface area contributed by atoms with Crippen LogP contribution in [0.4, 0.5) is 34.1 Å². The maximum atomic E-state index is 2.43. The van der Waals surface area contributed by atoms with Gasteiger partial charge in [-0.3, -0.25) is 0 Å². The topological polar surface area (TPSA) is 16.3 Å². The quantitative estimate of drug-likeness (QED) is 0.136. The largest absolute Gasteiger partial charge is 0.311 e. The molecule has 0 saturated heterocycles. The first-order chi connectivity index (χ1) is 32.3. The minimum Gasteiger partial charge on any atom is -0.311 e. The third-order valence-corrected chi connectivity index (χ3v) is 12.8. The second-order valence-electron chi connectivity index (χ2n) is 17.5. The van der Waals surface area contributed by atoms with Gasteiger partial charge in [-0.05, 0) is 160 Å². The van der Waals surface area contributed by atoms with Gasteiger partial charge in [-0.15, -0.1) is 0 Å². The van der Waals surface area contributed by atoms with E-state index in [1.54, 1.807) is 0 Å². The van der Waals surface area contributed by atoms with Crippen LogP contribution in [-0.4, -0.2) is 9.13 Å². The Kier molecular flexibility index (Phi) is 10.4. The van der Waals surface area contributed by atoms with Crippen molar-refractivity contribution in [1.29, 1.82) is 0 Å². The van der Waals surface area contributed by atoms with E-state index >= 15 is 0 Å². The summed E-state index contributed by atoms with van der Waals surface area (Å²) in [5.74, 6) is 0. The molecule has 11 aromatic rings. The van der Waals surface area contributed by atoms with Gasteiger partial charge in [-0.2, -0.15) is 0 Å². The SMILES string of the molecule is Cc1ccc(N(c2ccc(C)cc2)c2ccc(-n3c(-c4ccccc4)cc4cc5c(cc(-c6ccccc6)n5-c5ccc(N(c6ccc(C)cc6)c6ccc(C)cc6)cc5)cc43)cc2)cc1. The van der Waals surface area contributed by atoms with Gasteiger partial charge in [0.15, 0.2) is 0 Å². The van der Waals surface area contributed by atoms with Crippen molar-refractivity contribution in [2.24, 2.45) is 0 Å². The first kappa shape index (κ1) is 40.4. The number of anilines is 6. The highest BCUT2D eigenvalue weighted by atomic mass is 15.1. The van der Waals surface area contributed by atoms with Crippen molar-refractivity contribution in [3.63, 3.8) is 0 Å². The number of hydrogen-bond acceptors (Lipinski definition) is 2. The zero-order valence-electron chi connectivity index (χ0n) is 37.7. The van der Waals surface area contributed by atoms with E-state index in [1.165, 1.54) is 44.2 Å². The fraction of sp³-hybridized carbons (Fsp3) is 0.0645. The molecule has 0 aliphatic carbocycles. The Morgan fingerprint density at radius 2 is 0.530 bits per heavy atom. The first-order valence-corrected chi connectivity index (χ1v) is 22.7. The Labute approximate surface area is 387 Å². The fourth-order valence-electron chi connectivity index (χ4n) is 9.28. The van der Waals surface area contributed by atoms with E-state index in [0.717, 1.165) is 67.9 Å². The van der Waals surface area contributed by atoms with Gasteiger partial charge in [-0.1, -0.05) is 131 Å². The molecular weight excluding hydrogens is 801 g/mol. The van der Waals surface area contributed by atoms with Crippen molar-refractivity contribution < 1.29 is 0 Å². The van der Waals surface area contributed by atoms with Crippen LogP contribution in [0.5, 0.6) is 0 Å². The summed E-state index contributed by atoms with van der Waals surface area (Å²) in [5.41, 5.74) is 20.8. The molecule has 9 aromatic carbocycles. The van der Waals surface area contributed by atoms with Gasteiger partial charge < -0.3 is 18.9 Å². The van der Waals surface area contributed by atoms with Crippen molar-refractivity contribution in [2.75, 3.05) is 9.80 Å². The highest BCUT2D eigenvalue weighted by molar-refractivity contribution is 6.02. The lowest BCUT2D eigenvalue weighted by Crippen LogP contribution is -2.10. The van der Waals surface area contributed by atoms with E-state index in [9.17, 15) is 0 Å². The maximum absolute atomic E-state index is 2.43. The van der Waals surface area contributed by atoms with Crippen LogP contribution in [0.2, 0.25) is 0 Å². The van der Waals surface area contributed by atoms with Crippen molar-refractivity contribution in [2.45, 2.75) is 27.7 Å². The van der Waals surface area contributed by atoms with E-state index in [1.807, 2.05) is 0 Å². The molecule has 0 bridgehead atoms. The molecule has 0 amide bonds. The highest BCUT2D eigenvalue weighted by Gasteiger charge is 2.20. The third-order valence-electron chi connectivity index (χ3n) is 12.8. The average Bonchev–Trinajstić information content (AvgIpc) is 3.92. The maximum Gasteiger partial charge on any atom is 0.0542 e. The smallest absolute Gasteiger partial charge is 0.0542 e. The highest BCUT2D eigenvalue weighted by Crippen LogP contribution is 2.41. The Balaban J connectivity index is 1.05. The Morgan fingerprint density at radius 1 is 0.273 bits per heavy atom. The van der Waals surface area contributed by atoms with Crippen LogP contribution in [0.3, 0.4) is 0 Å². The number of fused-ring (bicyclic) bond motifs is 2. The molecule has 2 heterocycles. The molecule has 0 aliphatic heterocycles. The first-order valence-electron chi connectivity index (χ1n) is 22.7. The number of aromatic nitrogens is 2. The van der Waals surface area contributed by atoms with Gasteiger partial charge in [0.05, 0.1) is 22.4 Å². The number of hydrogen-bond donors (Lipinski definition) is 0. The van der Waals surface area contributed by atoms with E-state index in [0.29, 0.717) is 0 Å². The van der Waals surface area contributed by atoms with Crippen LogP contribution in [0.25, 0.3) is 55.7 Å². The number of benzene rings is 9. The predicted molar refractivity (Wildman–Crippen MR) is 279 cm³/mol. The summed E-state index contributed by atoms with van der Waals surface area (Å²) in [6.07, 6.45) is 0. The minimum atomic E-state index is 1.10. The normalized spacial score (nSPS) is 11.3. The van der Waals surface area contributed by atoms with Crippen LogP contribution >= 0.6 is 0 Å². The summed E-state index contributed by atoms with van der Waals surface area (Å²) in [6, 6.07) is 84.1. The molecule has 66 heavy (non-hydrogen) atoms. The second-order valence-corrected chi connectivity index (χ2v) is 17.5. The summed E-state index contributed by atoms with van der Waals surface area (Å²) < 4.78 is 4.85. The monoisotopic (exact) mass is 850 g/mol. The van der Waals surface area contributed by atoms with E-state index in [-0.39, 0.29) is 0 Å². The summed E-state index contributed by atoms with van der Waals surface area (Å²) in [7, 11) is 0. The molecule has 4 heteroatoms. The summed E-state index contributed by atoms with van der Waals surface area (Å²) in [6.45, 7) is 8.54. The number of nitrogens with zero attached hydrogens (tertiary/aromatic N) is 4. The minimum absolute atomic E-state index is 1.10. The average molecular weight is 851 g/mol. The molecule has 0 radical (unpaired) electrons. The van der Waals surface area contributed by atoms with Crippen molar-refractivity contribution >= 4 is 55.9 Å². The lowest BCUT2D eigenvalue weighted by atomic mass is 10.1. The second kappa shape index (κ2) is 17.0. The van der Waals surface area contributed by atoms with Crippen molar-refractivity contribution in [3.05, 3.63) is 253 Å². The number of rotatable bonds is 10. The third kappa shape index (κ3) is 7.63. The van der Waals surface area contributed by atoms with Crippen LogP contribution in [-0.2, 0) is 0 Å². The lowest BCUT2D eigenvalue weighted by molar-refractivity contribution is 1.13. The Hall–Kier alpha value is -8.34. The van der Waals surface area contributed by atoms with Crippen LogP contribution in [0.1, 0.15) is 22.3 Å². The molecule has 0 N–H and O–H groups in total. The molecule has 0 atom stereocenters. The van der Waals surface area contributed by atoms with Crippen LogP contribution < -0.4 is 9.80 Å². The lowest BCUT2D eigenvalue weighted by Gasteiger charge is -2.26. The van der Waals surface area contributed by atoms with Crippen molar-refractivity contribution in [3.8, 4) is 33.9 Å². The zero-order valence-corrected chi connectivity index (χ0v) is 37.7. The van der Waals surface area contributed by atoms with Gasteiger partial charge in [0.1, 0.15) is 0 Å². The van der Waals surface area contributed by atoms with Gasteiger partial charge in [0.2, 0.25) is 0 Å². The Bertz CT molecular complexity index is 3110. The summed E-state index contributed by atoms with van der Waals surface area (Å²) in [5, 5.41) is 2.35. The molecule has 4 nitrogen and oxygen atoms in total. The standard InChI is InChI=1S/C62H50N4/c1-43-15-23-51(24-16-43)63(52-25-17-44(2)18-26-52)55-31-35-57(36-32-55)65-59(47-11-7-5-8-12-47)39-49-42-62-50(41-61(49)65)40-60(48-13-9-6-10-14-48)66(62)58-37-33-56(34-38-58)64(53-27-19-45(3)20-28-53)54-29-21-46(4)22-30-54/h5-42H,1-4H3. The molecule has 11 rings (SSSR count). The molecule has 0 fully saturated rings. The molecular formula is C62H50N4. The molecule has 2 aromatic heterocycles. The molecule has 0 saturated carbocycles. The van der Waals surface area contributed by atoms with Gasteiger partial charge in [0, 0.05) is 56.3 Å². The molecule has 0 spiro atoms. The van der Waals surface area contributed by atoms with E-state index < -0.39 is 0 Å². The molecule has 0 aliphatic rings.